The number of amides is 2. The molecule has 0 aliphatic carbocycles. The Morgan fingerprint density at radius 1 is 1.06 bits per heavy atom. The van der Waals surface area contributed by atoms with Crippen LogP contribution in [0.4, 0.5) is 4.79 Å². The van der Waals surface area contributed by atoms with Gasteiger partial charge in [-0.25, -0.2) is 4.98 Å². The molecule has 0 bridgehead atoms. The number of nitrogens with one attached hydrogen (secondary N) is 1. The predicted molar refractivity (Wildman–Crippen MR) is 120 cm³/mol. The molecular weight excluding hydrogens is 412 g/mol. The van der Waals surface area contributed by atoms with Crippen molar-refractivity contribution in [2.45, 2.75) is 26.7 Å². The second kappa shape index (κ2) is 8.73. The SMILES string of the molecule is Cc1ccc(-c2nc(CCC(=O)c3ccc(C=C4SC(=O)NC4=O)cc3)c(C)o2)cc1. The molecule has 0 radical (unpaired) electrons. The monoisotopic (exact) mass is 432 g/mol. The van der Waals surface area contributed by atoms with E-state index in [-0.39, 0.29) is 11.0 Å². The molecular formula is C24H20N2O4S. The summed E-state index contributed by atoms with van der Waals surface area (Å²) in [6, 6.07) is 14.9. The molecule has 2 aromatic carbocycles. The first kappa shape index (κ1) is 20.8. The average molecular weight is 433 g/mol. The number of oxazole rings is 1. The van der Waals surface area contributed by atoms with Gasteiger partial charge in [0.05, 0.1) is 10.6 Å². The number of hydrogen-bond donors (Lipinski definition) is 1. The molecule has 1 fully saturated rings. The highest BCUT2D eigenvalue weighted by Gasteiger charge is 2.24. The van der Waals surface area contributed by atoms with Crippen molar-refractivity contribution < 1.29 is 18.8 Å². The average Bonchev–Trinajstić information content (AvgIpc) is 3.28. The molecule has 31 heavy (non-hydrogen) atoms. The van der Waals surface area contributed by atoms with Gasteiger partial charge < -0.3 is 4.42 Å². The minimum Gasteiger partial charge on any atom is -0.441 e. The minimum atomic E-state index is -0.400. The molecule has 1 aliphatic heterocycles. The van der Waals surface area contributed by atoms with Gasteiger partial charge in [0.25, 0.3) is 11.1 Å². The molecule has 1 N–H and O–H groups in total. The standard InChI is InChI=1S/C24H20N2O4S/c1-14-3-7-18(8-4-14)23-25-19(15(2)30-23)11-12-20(27)17-9-5-16(6-10-17)13-21-22(28)26-24(29)31-21/h3-10,13H,11-12H2,1-2H3,(H,26,28,29). The van der Waals surface area contributed by atoms with Gasteiger partial charge >= 0.3 is 0 Å². The van der Waals surface area contributed by atoms with Crippen LogP contribution in [0.15, 0.2) is 57.9 Å². The molecule has 7 heteroatoms. The molecule has 0 saturated carbocycles. The molecule has 3 aromatic rings. The van der Waals surface area contributed by atoms with E-state index in [1.807, 2.05) is 38.1 Å². The number of rotatable bonds is 6. The number of nitrogens with zero attached hydrogens (tertiary/aromatic N) is 1. The van der Waals surface area contributed by atoms with E-state index in [1.165, 1.54) is 5.56 Å². The van der Waals surface area contributed by atoms with E-state index in [0.29, 0.717) is 35.0 Å². The number of hydrogen-bond acceptors (Lipinski definition) is 6. The summed E-state index contributed by atoms with van der Waals surface area (Å²) in [5.41, 5.74) is 4.19. The predicted octanol–water partition coefficient (Wildman–Crippen LogP) is 5.10. The fourth-order valence-corrected chi connectivity index (χ4v) is 3.88. The first-order chi connectivity index (χ1) is 14.9. The Morgan fingerprint density at radius 2 is 1.77 bits per heavy atom. The summed E-state index contributed by atoms with van der Waals surface area (Å²) >= 11 is 0.866. The maximum Gasteiger partial charge on any atom is 0.290 e. The van der Waals surface area contributed by atoms with Gasteiger partial charge in [0.1, 0.15) is 5.76 Å². The molecule has 2 heterocycles. The van der Waals surface area contributed by atoms with Crippen molar-refractivity contribution >= 4 is 34.8 Å². The fraction of sp³-hybridized carbons (Fsp3) is 0.167. The largest absolute Gasteiger partial charge is 0.441 e. The van der Waals surface area contributed by atoms with Crippen LogP contribution in [-0.2, 0) is 11.2 Å². The summed E-state index contributed by atoms with van der Waals surface area (Å²) < 4.78 is 5.79. The van der Waals surface area contributed by atoms with Gasteiger partial charge in [-0.3, -0.25) is 19.7 Å². The summed E-state index contributed by atoms with van der Waals surface area (Å²) in [4.78, 5) is 40.4. The molecule has 2 amide bonds. The molecule has 0 spiro atoms. The van der Waals surface area contributed by atoms with Crippen LogP contribution in [-0.4, -0.2) is 21.9 Å². The molecule has 1 aromatic heterocycles. The van der Waals surface area contributed by atoms with E-state index in [2.05, 4.69) is 10.3 Å². The van der Waals surface area contributed by atoms with E-state index in [1.54, 1.807) is 30.3 Å². The molecule has 0 atom stereocenters. The number of thioether (sulfide) groups is 1. The van der Waals surface area contributed by atoms with Crippen molar-refractivity contribution in [3.63, 3.8) is 0 Å². The van der Waals surface area contributed by atoms with E-state index in [0.717, 1.165) is 28.6 Å². The Labute approximate surface area is 183 Å². The first-order valence-corrected chi connectivity index (χ1v) is 10.6. The van der Waals surface area contributed by atoms with Crippen LogP contribution >= 0.6 is 11.8 Å². The lowest BCUT2D eigenvalue weighted by Gasteiger charge is -2.02. The highest BCUT2D eigenvalue weighted by atomic mass is 32.2. The maximum absolute atomic E-state index is 12.6. The summed E-state index contributed by atoms with van der Waals surface area (Å²) in [5.74, 6) is 0.877. The topological polar surface area (TPSA) is 89.3 Å². The van der Waals surface area contributed by atoms with Gasteiger partial charge in [0.15, 0.2) is 5.78 Å². The number of aromatic nitrogens is 1. The van der Waals surface area contributed by atoms with Crippen molar-refractivity contribution in [2.75, 3.05) is 0 Å². The fourth-order valence-electron chi connectivity index (χ4n) is 3.19. The van der Waals surface area contributed by atoms with Gasteiger partial charge in [-0.05, 0) is 49.4 Å². The van der Waals surface area contributed by atoms with Crippen LogP contribution in [0.5, 0.6) is 0 Å². The molecule has 1 aliphatic rings. The van der Waals surface area contributed by atoms with Crippen molar-refractivity contribution in [1.82, 2.24) is 10.3 Å². The van der Waals surface area contributed by atoms with Gasteiger partial charge in [-0.15, -0.1) is 0 Å². The zero-order valence-corrected chi connectivity index (χ0v) is 17.9. The first-order valence-electron chi connectivity index (χ1n) is 9.80. The van der Waals surface area contributed by atoms with Gasteiger partial charge in [0.2, 0.25) is 5.89 Å². The highest BCUT2D eigenvalue weighted by molar-refractivity contribution is 8.18. The number of carbonyl (C=O) groups is 3. The normalized spacial score (nSPS) is 14.8. The van der Waals surface area contributed by atoms with E-state index < -0.39 is 5.91 Å². The van der Waals surface area contributed by atoms with E-state index >= 15 is 0 Å². The van der Waals surface area contributed by atoms with Crippen molar-refractivity contribution in [1.29, 1.82) is 0 Å². The lowest BCUT2D eigenvalue weighted by atomic mass is 10.0. The Hall–Kier alpha value is -3.45. The van der Waals surface area contributed by atoms with Crippen LogP contribution in [0.1, 0.15) is 39.4 Å². The van der Waals surface area contributed by atoms with Crippen molar-refractivity contribution in [3.8, 4) is 11.5 Å². The third-order valence-electron chi connectivity index (χ3n) is 4.95. The summed E-state index contributed by atoms with van der Waals surface area (Å²) in [6.07, 6.45) is 2.43. The van der Waals surface area contributed by atoms with E-state index in [4.69, 9.17) is 4.42 Å². The Balaban J connectivity index is 1.40. The smallest absolute Gasteiger partial charge is 0.290 e. The van der Waals surface area contributed by atoms with Crippen LogP contribution in [0, 0.1) is 13.8 Å². The number of imide groups is 1. The number of benzene rings is 2. The third kappa shape index (κ3) is 4.83. The lowest BCUT2D eigenvalue weighted by molar-refractivity contribution is -0.115. The third-order valence-corrected chi connectivity index (χ3v) is 5.76. The molecule has 156 valence electrons. The Kier molecular flexibility index (Phi) is 5.86. The summed E-state index contributed by atoms with van der Waals surface area (Å²) in [5, 5.41) is 1.84. The van der Waals surface area contributed by atoms with E-state index in [9.17, 15) is 14.4 Å². The molecule has 6 nitrogen and oxygen atoms in total. The zero-order chi connectivity index (χ0) is 22.0. The minimum absolute atomic E-state index is 0.00153. The van der Waals surface area contributed by atoms with Gasteiger partial charge in [-0.1, -0.05) is 42.0 Å². The quantitative estimate of drug-likeness (QED) is 0.431. The number of ketones is 1. The van der Waals surface area contributed by atoms with Crippen molar-refractivity contribution in [2.24, 2.45) is 0 Å². The van der Waals surface area contributed by atoms with Crippen molar-refractivity contribution in [3.05, 3.63) is 81.6 Å². The van der Waals surface area contributed by atoms with Crippen LogP contribution in [0.25, 0.3) is 17.5 Å². The van der Waals surface area contributed by atoms with Crippen LogP contribution < -0.4 is 5.32 Å². The zero-order valence-electron chi connectivity index (χ0n) is 17.1. The lowest BCUT2D eigenvalue weighted by Crippen LogP contribution is -2.17. The molecule has 0 unspecified atom stereocenters. The summed E-state index contributed by atoms with van der Waals surface area (Å²) in [6.45, 7) is 3.88. The molecule has 1 saturated heterocycles. The number of aryl methyl sites for hydroxylation is 3. The maximum atomic E-state index is 12.6. The van der Waals surface area contributed by atoms with Crippen LogP contribution in [0.3, 0.4) is 0 Å². The summed E-state index contributed by atoms with van der Waals surface area (Å²) in [7, 11) is 0. The number of carbonyl (C=O) groups excluding carboxylic acids is 3. The van der Waals surface area contributed by atoms with Gasteiger partial charge in [-0.2, -0.15) is 0 Å². The number of Topliss-reactive ketones (excluding diaryl/α,β-unsaturated/α-hetero) is 1. The molecule has 4 rings (SSSR count). The van der Waals surface area contributed by atoms with Gasteiger partial charge in [0, 0.05) is 24.0 Å². The Morgan fingerprint density at radius 3 is 2.42 bits per heavy atom. The second-order valence-electron chi connectivity index (χ2n) is 7.29. The highest BCUT2D eigenvalue weighted by Crippen LogP contribution is 2.26. The Bertz CT molecular complexity index is 1190. The second-order valence-corrected chi connectivity index (χ2v) is 8.30. The van der Waals surface area contributed by atoms with Crippen LogP contribution in [0.2, 0.25) is 0 Å².